The quantitative estimate of drug-likeness (QED) is 0.603. The summed E-state index contributed by atoms with van der Waals surface area (Å²) in [5.74, 6) is 1.79. The molecule has 0 aromatic rings. The second-order valence-corrected chi connectivity index (χ2v) is 6.11. The lowest BCUT2D eigenvalue weighted by Crippen LogP contribution is -2.42. The maximum Gasteiger partial charge on any atom is 0.193 e. The number of rotatable bonds is 3. The summed E-state index contributed by atoms with van der Waals surface area (Å²) in [6, 6.07) is 0. The highest BCUT2D eigenvalue weighted by molar-refractivity contribution is 5.80. The van der Waals surface area contributed by atoms with E-state index < -0.39 is 0 Å². The molecule has 0 bridgehead atoms. The summed E-state index contributed by atoms with van der Waals surface area (Å²) in [6.45, 7) is 10.9. The Morgan fingerprint density at radius 2 is 2.12 bits per heavy atom. The number of aliphatic imine (C=N–C) groups is 1. The topological polar surface area (TPSA) is 27.6 Å². The minimum Gasteiger partial charge on any atom is -0.357 e. The van der Waals surface area contributed by atoms with Gasteiger partial charge in [0, 0.05) is 26.2 Å². The zero-order valence-electron chi connectivity index (χ0n) is 11.6. The van der Waals surface area contributed by atoms with Crippen molar-refractivity contribution in [1.82, 2.24) is 10.2 Å². The van der Waals surface area contributed by atoms with E-state index in [2.05, 4.69) is 31.0 Å². The van der Waals surface area contributed by atoms with Crippen LogP contribution in [0.3, 0.4) is 0 Å². The van der Waals surface area contributed by atoms with Gasteiger partial charge in [-0.15, -0.1) is 0 Å². The van der Waals surface area contributed by atoms with Crippen LogP contribution >= 0.6 is 0 Å². The molecular weight excluding hydrogens is 210 g/mol. The Labute approximate surface area is 106 Å². The highest BCUT2D eigenvalue weighted by Gasteiger charge is 2.43. The molecule has 0 radical (unpaired) electrons. The van der Waals surface area contributed by atoms with Gasteiger partial charge in [0.15, 0.2) is 5.96 Å². The molecule has 0 atom stereocenters. The number of hydrogen-bond acceptors (Lipinski definition) is 1. The molecule has 1 saturated heterocycles. The molecule has 1 aliphatic carbocycles. The average molecular weight is 237 g/mol. The molecule has 0 unspecified atom stereocenters. The van der Waals surface area contributed by atoms with E-state index in [0.29, 0.717) is 11.3 Å². The van der Waals surface area contributed by atoms with E-state index in [4.69, 9.17) is 4.99 Å². The Morgan fingerprint density at radius 3 is 2.59 bits per heavy atom. The number of nitrogens with zero attached hydrogens (tertiary/aromatic N) is 2. The molecule has 2 fully saturated rings. The van der Waals surface area contributed by atoms with E-state index in [0.717, 1.165) is 19.0 Å². The van der Waals surface area contributed by atoms with E-state index in [9.17, 15) is 0 Å². The molecule has 1 spiro atoms. The fourth-order valence-corrected chi connectivity index (χ4v) is 2.90. The van der Waals surface area contributed by atoms with Crippen LogP contribution in [0.2, 0.25) is 0 Å². The minimum atomic E-state index is 0.643. The molecule has 1 N–H and O–H groups in total. The molecule has 0 aromatic carbocycles. The molecule has 2 aliphatic rings. The van der Waals surface area contributed by atoms with Crippen molar-refractivity contribution in [2.24, 2.45) is 16.3 Å². The molecule has 0 amide bonds. The van der Waals surface area contributed by atoms with Gasteiger partial charge >= 0.3 is 0 Å². The summed E-state index contributed by atoms with van der Waals surface area (Å²) in [5, 5.41) is 3.44. The summed E-state index contributed by atoms with van der Waals surface area (Å²) in [6.07, 6.45) is 5.69. The fourth-order valence-electron chi connectivity index (χ4n) is 2.90. The lowest BCUT2D eigenvalue weighted by Gasteiger charge is -2.38. The first-order chi connectivity index (χ1) is 8.15. The van der Waals surface area contributed by atoms with E-state index in [1.54, 1.807) is 0 Å². The highest BCUT2D eigenvalue weighted by Crippen LogP contribution is 2.47. The molecule has 1 aliphatic heterocycles. The van der Waals surface area contributed by atoms with Gasteiger partial charge < -0.3 is 10.2 Å². The van der Waals surface area contributed by atoms with E-state index >= 15 is 0 Å². The molecule has 3 nitrogen and oxygen atoms in total. The summed E-state index contributed by atoms with van der Waals surface area (Å²) in [7, 11) is 0. The first-order valence-electron chi connectivity index (χ1n) is 7.18. The van der Waals surface area contributed by atoms with Crippen molar-refractivity contribution in [3.8, 4) is 0 Å². The van der Waals surface area contributed by atoms with Crippen LogP contribution in [0.1, 0.15) is 46.5 Å². The second-order valence-electron chi connectivity index (χ2n) is 6.11. The van der Waals surface area contributed by atoms with Crippen molar-refractivity contribution in [2.45, 2.75) is 46.5 Å². The number of hydrogen-bond donors (Lipinski definition) is 1. The Balaban J connectivity index is 1.94. The van der Waals surface area contributed by atoms with E-state index in [1.807, 2.05) is 0 Å². The largest absolute Gasteiger partial charge is 0.357 e. The molecule has 1 heterocycles. The van der Waals surface area contributed by atoms with Gasteiger partial charge in [-0.05, 0) is 37.5 Å². The van der Waals surface area contributed by atoms with E-state index in [-0.39, 0.29) is 0 Å². The van der Waals surface area contributed by atoms with Gasteiger partial charge in [0.2, 0.25) is 0 Å². The third-order valence-electron chi connectivity index (χ3n) is 4.09. The Kier molecular flexibility index (Phi) is 3.95. The summed E-state index contributed by atoms with van der Waals surface area (Å²) < 4.78 is 0. The van der Waals surface area contributed by atoms with Gasteiger partial charge in [0.25, 0.3) is 0 Å². The number of nitrogens with one attached hydrogen (secondary N) is 1. The van der Waals surface area contributed by atoms with Crippen LogP contribution < -0.4 is 5.32 Å². The van der Waals surface area contributed by atoms with Gasteiger partial charge in [0.05, 0.1) is 0 Å². The summed E-state index contributed by atoms with van der Waals surface area (Å²) >= 11 is 0. The van der Waals surface area contributed by atoms with Gasteiger partial charge in [0.1, 0.15) is 0 Å². The predicted octanol–water partition coefficient (Wildman–Crippen LogP) is 2.48. The lowest BCUT2D eigenvalue weighted by molar-refractivity contribution is 0.151. The third-order valence-corrected chi connectivity index (χ3v) is 4.09. The van der Waals surface area contributed by atoms with Crippen molar-refractivity contribution in [2.75, 3.05) is 26.2 Å². The second kappa shape index (κ2) is 5.28. The van der Waals surface area contributed by atoms with Crippen molar-refractivity contribution >= 4 is 5.96 Å². The highest BCUT2D eigenvalue weighted by atomic mass is 15.3. The minimum absolute atomic E-state index is 0.643. The standard InChI is InChI=1S/C14H27N3/c1-4-15-13(16-10-12(2)3)17-9-8-14(11-17)6-5-7-14/h12H,4-11H2,1-3H3,(H,15,16). The molecule has 0 aromatic heterocycles. The van der Waals surface area contributed by atoms with Crippen molar-refractivity contribution in [1.29, 1.82) is 0 Å². The normalized spacial score (nSPS) is 23.3. The fraction of sp³-hybridized carbons (Fsp3) is 0.929. The lowest BCUT2D eigenvalue weighted by atomic mass is 9.68. The maximum atomic E-state index is 4.75. The maximum absolute atomic E-state index is 4.75. The first kappa shape index (κ1) is 12.7. The van der Waals surface area contributed by atoms with Crippen LogP contribution in [0.4, 0.5) is 0 Å². The smallest absolute Gasteiger partial charge is 0.193 e. The van der Waals surface area contributed by atoms with Crippen LogP contribution in [-0.4, -0.2) is 37.0 Å². The summed E-state index contributed by atoms with van der Waals surface area (Å²) in [4.78, 5) is 7.23. The Morgan fingerprint density at radius 1 is 1.35 bits per heavy atom. The first-order valence-corrected chi connectivity index (χ1v) is 7.18. The SMILES string of the molecule is CCNC(=NCC(C)C)N1CCC2(CCC2)C1. The van der Waals surface area contributed by atoms with Crippen LogP contribution in [-0.2, 0) is 0 Å². The van der Waals surface area contributed by atoms with Crippen molar-refractivity contribution < 1.29 is 0 Å². The third kappa shape index (κ3) is 2.93. The zero-order valence-corrected chi connectivity index (χ0v) is 11.6. The molecule has 3 heteroatoms. The molecular formula is C14H27N3. The van der Waals surface area contributed by atoms with Crippen LogP contribution in [0.5, 0.6) is 0 Å². The Hall–Kier alpha value is -0.730. The molecule has 17 heavy (non-hydrogen) atoms. The van der Waals surface area contributed by atoms with Crippen molar-refractivity contribution in [3.05, 3.63) is 0 Å². The number of likely N-dealkylation sites (tertiary alicyclic amines) is 1. The van der Waals surface area contributed by atoms with Crippen molar-refractivity contribution in [3.63, 3.8) is 0 Å². The van der Waals surface area contributed by atoms with Gasteiger partial charge in [-0.1, -0.05) is 20.3 Å². The van der Waals surface area contributed by atoms with Crippen LogP contribution in [0, 0.1) is 11.3 Å². The van der Waals surface area contributed by atoms with Crippen LogP contribution in [0.15, 0.2) is 4.99 Å². The van der Waals surface area contributed by atoms with E-state index in [1.165, 1.54) is 38.8 Å². The average Bonchev–Trinajstić information content (AvgIpc) is 2.68. The monoisotopic (exact) mass is 237 g/mol. The van der Waals surface area contributed by atoms with Gasteiger partial charge in [-0.25, -0.2) is 0 Å². The summed E-state index contributed by atoms with van der Waals surface area (Å²) in [5.41, 5.74) is 0.661. The number of guanidine groups is 1. The predicted molar refractivity (Wildman–Crippen MR) is 73.3 cm³/mol. The Bertz CT molecular complexity index is 279. The van der Waals surface area contributed by atoms with Crippen LogP contribution in [0.25, 0.3) is 0 Å². The molecule has 98 valence electrons. The van der Waals surface area contributed by atoms with Gasteiger partial charge in [-0.3, -0.25) is 4.99 Å². The molecule has 1 saturated carbocycles. The van der Waals surface area contributed by atoms with Gasteiger partial charge in [-0.2, -0.15) is 0 Å². The zero-order chi connectivity index (χ0) is 12.3. The molecule has 2 rings (SSSR count).